The molecule has 1 amide bonds. The van der Waals surface area contributed by atoms with Crippen molar-refractivity contribution in [2.24, 2.45) is 5.73 Å². The Labute approximate surface area is 110 Å². The van der Waals surface area contributed by atoms with E-state index < -0.39 is 0 Å². The molecule has 18 heavy (non-hydrogen) atoms. The third kappa shape index (κ3) is 2.57. The summed E-state index contributed by atoms with van der Waals surface area (Å²) in [4.78, 5) is 17.0. The van der Waals surface area contributed by atoms with Crippen molar-refractivity contribution in [3.63, 3.8) is 0 Å². The summed E-state index contributed by atoms with van der Waals surface area (Å²) in [7, 11) is 0. The lowest BCUT2D eigenvalue weighted by atomic mass is 10.2. The zero-order valence-corrected chi connectivity index (χ0v) is 11.2. The number of amides is 1. The predicted molar refractivity (Wildman–Crippen MR) is 73.9 cm³/mol. The van der Waals surface area contributed by atoms with E-state index in [1.54, 1.807) is 0 Å². The molecule has 0 aliphatic carbocycles. The van der Waals surface area contributed by atoms with Crippen LogP contribution in [0.4, 0.5) is 5.69 Å². The van der Waals surface area contributed by atoms with Gasteiger partial charge in [0.05, 0.1) is 5.69 Å². The SMILES string of the molecule is Cc1ccccc1NC(=O)c1sc(CN)nc1C. The van der Waals surface area contributed by atoms with E-state index in [2.05, 4.69) is 10.3 Å². The number of nitrogens with zero attached hydrogens (tertiary/aromatic N) is 1. The van der Waals surface area contributed by atoms with Crippen molar-refractivity contribution >= 4 is 22.9 Å². The molecule has 2 rings (SSSR count). The van der Waals surface area contributed by atoms with Crippen LogP contribution in [-0.2, 0) is 6.54 Å². The second-order valence-corrected chi connectivity index (χ2v) is 5.08. The van der Waals surface area contributed by atoms with Crippen LogP contribution in [0.15, 0.2) is 24.3 Å². The maximum absolute atomic E-state index is 12.1. The fourth-order valence-corrected chi connectivity index (χ4v) is 2.48. The van der Waals surface area contributed by atoms with Crippen molar-refractivity contribution in [1.29, 1.82) is 0 Å². The monoisotopic (exact) mass is 261 g/mol. The molecule has 1 aromatic carbocycles. The lowest BCUT2D eigenvalue weighted by Crippen LogP contribution is -2.12. The van der Waals surface area contributed by atoms with Gasteiger partial charge in [-0.3, -0.25) is 4.79 Å². The molecule has 0 atom stereocenters. The highest BCUT2D eigenvalue weighted by molar-refractivity contribution is 7.13. The van der Waals surface area contributed by atoms with Gasteiger partial charge in [-0.15, -0.1) is 11.3 Å². The van der Waals surface area contributed by atoms with Crippen molar-refractivity contribution in [2.75, 3.05) is 5.32 Å². The normalized spacial score (nSPS) is 10.4. The van der Waals surface area contributed by atoms with Crippen LogP contribution in [0.25, 0.3) is 0 Å². The van der Waals surface area contributed by atoms with Crippen LogP contribution in [0.1, 0.15) is 25.9 Å². The number of carbonyl (C=O) groups excluding carboxylic acids is 1. The van der Waals surface area contributed by atoms with Gasteiger partial charge in [-0.05, 0) is 25.5 Å². The van der Waals surface area contributed by atoms with Crippen LogP contribution in [-0.4, -0.2) is 10.9 Å². The Morgan fingerprint density at radius 1 is 1.39 bits per heavy atom. The van der Waals surface area contributed by atoms with Crippen molar-refractivity contribution < 1.29 is 4.79 Å². The van der Waals surface area contributed by atoms with E-state index in [0.29, 0.717) is 11.4 Å². The number of hydrogen-bond acceptors (Lipinski definition) is 4. The molecule has 1 aromatic heterocycles. The van der Waals surface area contributed by atoms with Crippen LogP contribution in [0, 0.1) is 13.8 Å². The summed E-state index contributed by atoms with van der Waals surface area (Å²) in [6, 6.07) is 7.68. The second-order valence-electron chi connectivity index (χ2n) is 4.00. The molecular formula is C13H15N3OS. The third-order valence-electron chi connectivity index (χ3n) is 2.62. The summed E-state index contributed by atoms with van der Waals surface area (Å²) < 4.78 is 0. The Kier molecular flexibility index (Phi) is 3.74. The Balaban J connectivity index is 2.22. The first-order valence-electron chi connectivity index (χ1n) is 5.65. The van der Waals surface area contributed by atoms with E-state index in [1.807, 2.05) is 38.1 Å². The number of nitrogens with two attached hydrogens (primary N) is 1. The minimum Gasteiger partial charge on any atom is -0.325 e. The Morgan fingerprint density at radius 2 is 2.11 bits per heavy atom. The molecule has 4 nitrogen and oxygen atoms in total. The number of nitrogens with one attached hydrogen (secondary N) is 1. The molecule has 0 radical (unpaired) electrons. The van der Waals surface area contributed by atoms with Crippen LogP contribution in [0.5, 0.6) is 0 Å². The fourth-order valence-electron chi connectivity index (χ4n) is 1.64. The molecule has 0 aliphatic heterocycles. The zero-order chi connectivity index (χ0) is 13.1. The van der Waals surface area contributed by atoms with E-state index in [-0.39, 0.29) is 5.91 Å². The number of rotatable bonds is 3. The van der Waals surface area contributed by atoms with Crippen molar-refractivity contribution in [3.05, 3.63) is 45.4 Å². The van der Waals surface area contributed by atoms with Crippen LogP contribution in [0.3, 0.4) is 0 Å². The second kappa shape index (κ2) is 5.29. The van der Waals surface area contributed by atoms with Gasteiger partial charge in [-0.25, -0.2) is 4.98 Å². The number of aromatic nitrogens is 1. The topological polar surface area (TPSA) is 68.0 Å². The number of hydrogen-bond donors (Lipinski definition) is 2. The van der Waals surface area contributed by atoms with Gasteiger partial charge in [0.2, 0.25) is 0 Å². The molecule has 94 valence electrons. The van der Waals surface area contributed by atoms with Crippen molar-refractivity contribution in [3.8, 4) is 0 Å². The van der Waals surface area contributed by atoms with Gasteiger partial charge in [0.1, 0.15) is 9.88 Å². The first-order chi connectivity index (χ1) is 8.61. The molecule has 0 aliphatic rings. The minimum absolute atomic E-state index is 0.126. The minimum atomic E-state index is -0.126. The maximum Gasteiger partial charge on any atom is 0.267 e. The van der Waals surface area contributed by atoms with Gasteiger partial charge in [-0.1, -0.05) is 18.2 Å². The van der Waals surface area contributed by atoms with Crippen molar-refractivity contribution in [1.82, 2.24) is 4.98 Å². The van der Waals surface area contributed by atoms with Gasteiger partial charge in [0, 0.05) is 12.2 Å². The third-order valence-corrected chi connectivity index (χ3v) is 3.79. The van der Waals surface area contributed by atoms with Gasteiger partial charge in [0.25, 0.3) is 5.91 Å². The van der Waals surface area contributed by atoms with E-state index in [0.717, 1.165) is 22.0 Å². The van der Waals surface area contributed by atoms with Crippen LogP contribution < -0.4 is 11.1 Å². The number of anilines is 1. The molecule has 5 heteroatoms. The van der Waals surface area contributed by atoms with Crippen LogP contribution >= 0.6 is 11.3 Å². The fraction of sp³-hybridized carbons (Fsp3) is 0.231. The number of thiazole rings is 1. The summed E-state index contributed by atoms with van der Waals surface area (Å²) >= 11 is 1.34. The molecular weight excluding hydrogens is 246 g/mol. The molecule has 2 aromatic rings. The van der Waals surface area contributed by atoms with Crippen molar-refractivity contribution in [2.45, 2.75) is 20.4 Å². The van der Waals surface area contributed by atoms with E-state index in [9.17, 15) is 4.79 Å². The number of benzene rings is 1. The van der Waals surface area contributed by atoms with E-state index in [1.165, 1.54) is 11.3 Å². The standard InChI is InChI=1S/C13H15N3OS/c1-8-5-3-4-6-10(8)16-13(17)12-9(2)15-11(7-14)18-12/h3-6H,7,14H2,1-2H3,(H,16,17). The smallest absolute Gasteiger partial charge is 0.267 e. The number of aryl methyl sites for hydroxylation is 2. The summed E-state index contributed by atoms with van der Waals surface area (Å²) in [5, 5.41) is 3.68. The molecule has 0 saturated heterocycles. The highest BCUT2D eigenvalue weighted by Crippen LogP contribution is 2.20. The Hall–Kier alpha value is -1.72. The predicted octanol–water partition coefficient (Wildman–Crippen LogP) is 2.47. The molecule has 1 heterocycles. The summed E-state index contributed by atoms with van der Waals surface area (Å²) in [6.45, 7) is 4.14. The average Bonchev–Trinajstić information content (AvgIpc) is 2.73. The summed E-state index contributed by atoms with van der Waals surface area (Å²) in [6.07, 6.45) is 0. The molecule has 0 spiro atoms. The van der Waals surface area contributed by atoms with Crippen LogP contribution in [0.2, 0.25) is 0 Å². The van der Waals surface area contributed by atoms with Gasteiger partial charge >= 0.3 is 0 Å². The molecule has 0 saturated carbocycles. The first kappa shape index (κ1) is 12.7. The largest absolute Gasteiger partial charge is 0.325 e. The first-order valence-corrected chi connectivity index (χ1v) is 6.47. The highest BCUT2D eigenvalue weighted by Gasteiger charge is 2.15. The molecule has 0 fully saturated rings. The average molecular weight is 261 g/mol. The molecule has 3 N–H and O–H groups in total. The highest BCUT2D eigenvalue weighted by atomic mass is 32.1. The lowest BCUT2D eigenvalue weighted by Gasteiger charge is -2.06. The Bertz CT molecular complexity index is 577. The van der Waals surface area contributed by atoms with Gasteiger partial charge < -0.3 is 11.1 Å². The Morgan fingerprint density at radius 3 is 2.72 bits per heavy atom. The van der Waals surface area contributed by atoms with E-state index >= 15 is 0 Å². The van der Waals surface area contributed by atoms with E-state index in [4.69, 9.17) is 5.73 Å². The quantitative estimate of drug-likeness (QED) is 0.891. The number of carbonyl (C=O) groups is 1. The number of para-hydroxylation sites is 1. The molecule has 0 bridgehead atoms. The summed E-state index contributed by atoms with van der Waals surface area (Å²) in [5.41, 5.74) is 8.11. The van der Waals surface area contributed by atoms with Gasteiger partial charge in [0.15, 0.2) is 0 Å². The van der Waals surface area contributed by atoms with Gasteiger partial charge in [-0.2, -0.15) is 0 Å². The summed E-state index contributed by atoms with van der Waals surface area (Å²) in [5.74, 6) is -0.126. The maximum atomic E-state index is 12.1. The lowest BCUT2D eigenvalue weighted by molar-refractivity contribution is 0.102. The zero-order valence-electron chi connectivity index (χ0n) is 10.4. The molecule has 0 unspecified atom stereocenters.